The quantitative estimate of drug-likeness (QED) is 0.856. The van der Waals surface area contributed by atoms with E-state index in [0.717, 1.165) is 15.8 Å². The number of rotatable bonds is 4. The van der Waals surface area contributed by atoms with E-state index < -0.39 is 0 Å². The van der Waals surface area contributed by atoms with Crippen LogP contribution in [0.15, 0.2) is 52.1 Å². The predicted octanol–water partition coefficient (Wildman–Crippen LogP) is 3.45. The Morgan fingerprint density at radius 1 is 1.30 bits per heavy atom. The molecule has 1 aromatic carbocycles. The molecule has 0 unspecified atom stereocenters. The van der Waals surface area contributed by atoms with Gasteiger partial charge < -0.3 is 4.90 Å². The van der Waals surface area contributed by atoms with Gasteiger partial charge in [0.1, 0.15) is 0 Å². The molecule has 2 rings (SSSR count). The molecule has 1 heterocycles. The maximum atomic E-state index is 12.4. The Bertz CT molecular complexity index is 604. The van der Waals surface area contributed by atoms with Crippen molar-refractivity contribution >= 4 is 34.5 Å². The second-order valence-corrected chi connectivity index (χ2v) is 5.87. The Hall–Kier alpha value is -1.33. The zero-order valence-corrected chi connectivity index (χ0v) is 13.6. The van der Waals surface area contributed by atoms with Gasteiger partial charge >= 0.3 is 0 Å². The largest absolute Gasteiger partial charge is 0.341 e. The van der Waals surface area contributed by atoms with Crippen LogP contribution in [0.25, 0.3) is 0 Å². The number of carbonyl (C=O) groups is 1. The van der Waals surface area contributed by atoms with Gasteiger partial charge in [0.2, 0.25) is 0 Å². The summed E-state index contributed by atoms with van der Waals surface area (Å²) in [5.74, 6) is -0.0122. The van der Waals surface area contributed by atoms with Crippen LogP contribution in [0, 0.1) is 0 Å². The Morgan fingerprint density at radius 2 is 2.00 bits per heavy atom. The first kappa shape index (κ1) is 15.1. The van der Waals surface area contributed by atoms with Crippen LogP contribution in [0.5, 0.6) is 0 Å². The van der Waals surface area contributed by atoms with Crippen molar-refractivity contribution in [3.05, 3.63) is 58.3 Å². The molecule has 0 aliphatic rings. The molecule has 1 amide bonds. The van der Waals surface area contributed by atoms with E-state index in [9.17, 15) is 4.79 Å². The normalized spacial score (nSPS) is 10.3. The molecule has 0 saturated carbocycles. The molecule has 0 saturated heterocycles. The average Bonchev–Trinajstić information content (AvgIpc) is 2.47. The molecule has 0 aliphatic heterocycles. The standard InChI is InChI=1S/C15H15BrN2OS/c1-18(9-6-11-4-7-17-8-5-11)15(19)13-10-12(20)2-3-14(13)16/h2-5,7-8,10,20H,6,9H2,1H3. The smallest absolute Gasteiger partial charge is 0.254 e. The lowest BCUT2D eigenvalue weighted by atomic mass is 10.1. The molecule has 0 bridgehead atoms. The molecule has 0 radical (unpaired) electrons. The van der Waals surface area contributed by atoms with Crippen LogP contribution in [0.1, 0.15) is 15.9 Å². The number of hydrogen-bond acceptors (Lipinski definition) is 3. The number of likely N-dealkylation sites (N-methyl/N-ethyl adjacent to an activating group) is 1. The number of benzene rings is 1. The van der Waals surface area contributed by atoms with E-state index in [1.807, 2.05) is 24.3 Å². The highest BCUT2D eigenvalue weighted by atomic mass is 79.9. The Balaban J connectivity index is 2.03. The third kappa shape index (κ3) is 3.84. The van der Waals surface area contributed by atoms with Gasteiger partial charge in [0.25, 0.3) is 5.91 Å². The Labute approximate surface area is 132 Å². The van der Waals surface area contributed by atoms with Crippen LogP contribution in [-0.2, 0) is 6.42 Å². The van der Waals surface area contributed by atoms with Crippen LogP contribution < -0.4 is 0 Å². The summed E-state index contributed by atoms with van der Waals surface area (Å²) < 4.78 is 0.788. The van der Waals surface area contributed by atoms with E-state index >= 15 is 0 Å². The van der Waals surface area contributed by atoms with E-state index in [4.69, 9.17) is 0 Å². The van der Waals surface area contributed by atoms with Gasteiger partial charge in [-0.2, -0.15) is 0 Å². The highest BCUT2D eigenvalue weighted by Crippen LogP contribution is 2.21. The van der Waals surface area contributed by atoms with Crippen LogP contribution in [0.4, 0.5) is 0 Å². The van der Waals surface area contributed by atoms with Crippen molar-refractivity contribution in [1.82, 2.24) is 9.88 Å². The molecule has 2 aromatic rings. The second kappa shape index (κ2) is 6.90. The summed E-state index contributed by atoms with van der Waals surface area (Å²) in [5.41, 5.74) is 1.80. The zero-order chi connectivity index (χ0) is 14.5. The molecule has 0 aliphatic carbocycles. The number of halogens is 1. The van der Waals surface area contributed by atoms with Crippen molar-refractivity contribution in [2.24, 2.45) is 0 Å². The fourth-order valence-corrected chi connectivity index (χ4v) is 2.45. The first-order valence-corrected chi connectivity index (χ1v) is 7.45. The summed E-state index contributed by atoms with van der Waals surface area (Å²) in [6, 6.07) is 9.39. The van der Waals surface area contributed by atoms with E-state index in [2.05, 4.69) is 33.5 Å². The lowest BCUT2D eigenvalue weighted by Crippen LogP contribution is -2.29. The molecule has 0 fully saturated rings. The third-order valence-electron chi connectivity index (χ3n) is 3.01. The first-order chi connectivity index (χ1) is 9.58. The van der Waals surface area contributed by atoms with Crippen molar-refractivity contribution in [2.45, 2.75) is 11.3 Å². The SMILES string of the molecule is CN(CCc1ccncc1)C(=O)c1cc(S)ccc1Br. The summed E-state index contributed by atoms with van der Waals surface area (Å²) in [5, 5.41) is 0. The van der Waals surface area contributed by atoms with Crippen molar-refractivity contribution in [3.8, 4) is 0 Å². The molecule has 5 heteroatoms. The highest BCUT2D eigenvalue weighted by Gasteiger charge is 2.15. The fraction of sp³-hybridized carbons (Fsp3) is 0.200. The van der Waals surface area contributed by atoms with Crippen LogP contribution in [-0.4, -0.2) is 29.4 Å². The second-order valence-electron chi connectivity index (χ2n) is 4.50. The van der Waals surface area contributed by atoms with Gasteiger partial charge in [0.05, 0.1) is 5.56 Å². The van der Waals surface area contributed by atoms with Gasteiger partial charge in [-0.25, -0.2) is 0 Å². The van der Waals surface area contributed by atoms with Crippen molar-refractivity contribution < 1.29 is 4.79 Å². The van der Waals surface area contributed by atoms with Gasteiger partial charge in [-0.1, -0.05) is 0 Å². The number of thiol groups is 1. The van der Waals surface area contributed by atoms with Crippen molar-refractivity contribution in [2.75, 3.05) is 13.6 Å². The molecular formula is C15H15BrN2OS. The van der Waals surface area contributed by atoms with Gasteiger partial charge in [0.15, 0.2) is 0 Å². The number of pyridine rings is 1. The lowest BCUT2D eigenvalue weighted by Gasteiger charge is -2.18. The number of nitrogens with zero attached hydrogens (tertiary/aromatic N) is 2. The molecule has 3 nitrogen and oxygen atoms in total. The molecule has 0 N–H and O–H groups in total. The van der Waals surface area contributed by atoms with Gasteiger partial charge in [-0.3, -0.25) is 9.78 Å². The topological polar surface area (TPSA) is 33.2 Å². The monoisotopic (exact) mass is 350 g/mol. The maximum Gasteiger partial charge on any atom is 0.254 e. The van der Waals surface area contributed by atoms with E-state index in [1.165, 1.54) is 5.56 Å². The van der Waals surface area contributed by atoms with E-state index in [-0.39, 0.29) is 5.91 Å². The summed E-state index contributed by atoms with van der Waals surface area (Å²) in [6.07, 6.45) is 4.33. The van der Waals surface area contributed by atoms with E-state index in [0.29, 0.717) is 12.1 Å². The minimum Gasteiger partial charge on any atom is -0.341 e. The first-order valence-electron chi connectivity index (χ1n) is 6.21. The summed E-state index contributed by atoms with van der Waals surface area (Å²) in [6.45, 7) is 0.659. The number of amides is 1. The van der Waals surface area contributed by atoms with Gasteiger partial charge in [0, 0.05) is 35.4 Å². The average molecular weight is 351 g/mol. The van der Waals surface area contributed by atoms with Gasteiger partial charge in [-0.15, -0.1) is 12.6 Å². The maximum absolute atomic E-state index is 12.4. The van der Waals surface area contributed by atoms with Crippen LogP contribution in [0.3, 0.4) is 0 Å². The number of hydrogen-bond donors (Lipinski definition) is 1. The fourth-order valence-electron chi connectivity index (χ4n) is 1.83. The zero-order valence-electron chi connectivity index (χ0n) is 11.1. The molecule has 0 atom stereocenters. The summed E-state index contributed by atoms with van der Waals surface area (Å²) in [4.78, 5) is 18.9. The van der Waals surface area contributed by atoms with Crippen LogP contribution in [0.2, 0.25) is 0 Å². The summed E-state index contributed by atoms with van der Waals surface area (Å²) in [7, 11) is 1.81. The lowest BCUT2D eigenvalue weighted by molar-refractivity contribution is 0.0795. The van der Waals surface area contributed by atoms with E-state index in [1.54, 1.807) is 30.4 Å². The predicted molar refractivity (Wildman–Crippen MR) is 86.3 cm³/mol. The van der Waals surface area contributed by atoms with Crippen molar-refractivity contribution in [1.29, 1.82) is 0 Å². The number of carbonyl (C=O) groups excluding carboxylic acids is 1. The Morgan fingerprint density at radius 3 is 2.70 bits per heavy atom. The molecule has 1 aromatic heterocycles. The highest BCUT2D eigenvalue weighted by molar-refractivity contribution is 9.10. The minimum absolute atomic E-state index is 0.0122. The molecule has 104 valence electrons. The summed E-state index contributed by atoms with van der Waals surface area (Å²) >= 11 is 7.68. The van der Waals surface area contributed by atoms with Crippen LogP contribution >= 0.6 is 28.6 Å². The van der Waals surface area contributed by atoms with Gasteiger partial charge in [-0.05, 0) is 58.2 Å². The molecular weight excluding hydrogens is 336 g/mol. The Kier molecular flexibility index (Phi) is 5.20. The minimum atomic E-state index is -0.0122. The molecule has 0 spiro atoms. The number of aromatic nitrogens is 1. The van der Waals surface area contributed by atoms with Crippen molar-refractivity contribution in [3.63, 3.8) is 0 Å². The third-order valence-corrected chi connectivity index (χ3v) is 3.98. The molecule has 20 heavy (non-hydrogen) atoms.